The van der Waals surface area contributed by atoms with E-state index in [2.05, 4.69) is 9.97 Å². The van der Waals surface area contributed by atoms with Gasteiger partial charge in [0.25, 0.3) is 0 Å². The molecule has 0 saturated heterocycles. The van der Waals surface area contributed by atoms with Crippen LogP contribution >= 0.6 is 0 Å². The highest BCUT2D eigenvalue weighted by molar-refractivity contribution is 5.90. The molecule has 2 unspecified atom stereocenters. The maximum Gasteiger partial charge on any atom is 0.162 e. The lowest BCUT2D eigenvalue weighted by atomic mass is 9.94. The highest BCUT2D eigenvalue weighted by Crippen LogP contribution is 2.32. The summed E-state index contributed by atoms with van der Waals surface area (Å²) in [7, 11) is 5.69. The van der Waals surface area contributed by atoms with Crippen LogP contribution in [0.4, 0.5) is 5.69 Å². The molecule has 0 aliphatic rings. The number of hydrogen-bond donors (Lipinski definition) is 0. The number of aromatic nitrogens is 2. The molecule has 0 radical (unpaired) electrons. The fourth-order valence-corrected chi connectivity index (χ4v) is 3.59. The van der Waals surface area contributed by atoms with Crippen LogP contribution in [0, 0.1) is 12.8 Å². The van der Waals surface area contributed by atoms with Crippen LogP contribution in [-0.4, -0.2) is 47.6 Å². The smallest absolute Gasteiger partial charge is 0.162 e. The number of likely N-dealkylation sites (N-methyl/N-ethyl adjacent to an activating group) is 2. The molecule has 0 aliphatic carbocycles. The van der Waals surface area contributed by atoms with E-state index < -0.39 is 6.04 Å². The zero-order chi connectivity index (χ0) is 21.7. The van der Waals surface area contributed by atoms with Crippen molar-refractivity contribution in [3.8, 4) is 0 Å². The molecule has 2 rings (SSSR count). The molecule has 6 heteroatoms. The zero-order valence-corrected chi connectivity index (χ0v) is 18.5. The van der Waals surface area contributed by atoms with Gasteiger partial charge in [0.05, 0.1) is 17.4 Å². The molecule has 0 aliphatic heterocycles. The molecular weight excluding hydrogens is 364 g/mol. The van der Waals surface area contributed by atoms with Gasteiger partial charge in [0.1, 0.15) is 6.04 Å². The minimum absolute atomic E-state index is 0.122. The molecule has 2 heterocycles. The van der Waals surface area contributed by atoms with E-state index >= 15 is 0 Å². The Balaban J connectivity index is 2.55. The Bertz CT molecular complexity index is 849. The van der Waals surface area contributed by atoms with E-state index in [4.69, 9.17) is 0 Å². The minimum Gasteiger partial charge on any atom is -0.359 e. The highest BCUT2D eigenvalue weighted by atomic mass is 16.1. The molecule has 0 bridgehead atoms. The molecule has 0 saturated carbocycles. The molecule has 29 heavy (non-hydrogen) atoms. The standard InChI is InChI=1S/C23H32N4O2/c1-8-20(28)21(26(5)6)18-13-19(16(4)25-14-18)27(7)22(23(29)15(2)3)17-9-11-24-12-10-17/h9-15,21-22H,8H2,1-7H3. The van der Waals surface area contributed by atoms with Crippen molar-refractivity contribution in [2.75, 3.05) is 26.0 Å². The van der Waals surface area contributed by atoms with Gasteiger partial charge in [0.2, 0.25) is 0 Å². The van der Waals surface area contributed by atoms with Crippen LogP contribution in [0.3, 0.4) is 0 Å². The number of nitrogens with zero attached hydrogens (tertiary/aromatic N) is 4. The summed E-state index contributed by atoms with van der Waals surface area (Å²) in [6.45, 7) is 7.61. The first-order valence-corrected chi connectivity index (χ1v) is 10.0. The number of Topliss-reactive ketones (excluding diaryl/α,β-unsaturated/α-hetero) is 2. The second-order valence-corrected chi connectivity index (χ2v) is 7.91. The summed E-state index contributed by atoms with van der Waals surface area (Å²) in [5.41, 5.74) is 3.38. The van der Waals surface area contributed by atoms with Gasteiger partial charge >= 0.3 is 0 Å². The lowest BCUT2D eigenvalue weighted by Crippen LogP contribution is -2.34. The van der Waals surface area contributed by atoms with Gasteiger partial charge in [0, 0.05) is 38.0 Å². The van der Waals surface area contributed by atoms with Gasteiger partial charge in [0.15, 0.2) is 11.6 Å². The van der Waals surface area contributed by atoms with E-state index in [1.54, 1.807) is 18.6 Å². The number of ketones is 2. The average Bonchev–Trinajstić information content (AvgIpc) is 2.69. The number of carbonyl (C=O) groups excluding carboxylic acids is 2. The third-order valence-corrected chi connectivity index (χ3v) is 5.19. The van der Waals surface area contributed by atoms with Crippen LogP contribution in [-0.2, 0) is 9.59 Å². The number of rotatable bonds is 9. The molecule has 0 spiro atoms. The highest BCUT2D eigenvalue weighted by Gasteiger charge is 2.30. The summed E-state index contributed by atoms with van der Waals surface area (Å²) >= 11 is 0. The van der Waals surface area contributed by atoms with Gasteiger partial charge in [-0.25, -0.2) is 0 Å². The van der Waals surface area contributed by atoms with Crippen molar-refractivity contribution in [1.29, 1.82) is 0 Å². The van der Waals surface area contributed by atoms with E-state index in [0.29, 0.717) is 6.42 Å². The number of pyridine rings is 2. The van der Waals surface area contributed by atoms with E-state index in [-0.39, 0.29) is 23.5 Å². The SMILES string of the molecule is CCC(=O)C(c1cnc(C)c(N(C)C(C(=O)C(C)C)c2ccncc2)c1)N(C)C. The normalized spacial score (nSPS) is 13.4. The van der Waals surface area contributed by atoms with Gasteiger partial charge in [-0.3, -0.25) is 24.5 Å². The summed E-state index contributed by atoms with van der Waals surface area (Å²) < 4.78 is 0. The molecule has 6 nitrogen and oxygen atoms in total. The van der Waals surface area contributed by atoms with E-state index in [1.165, 1.54) is 0 Å². The summed E-state index contributed by atoms with van der Waals surface area (Å²) in [5.74, 6) is 0.138. The van der Waals surface area contributed by atoms with Gasteiger partial charge in [-0.2, -0.15) is 0 Å². The van der Waals surface area contributed by atoms with Crippen molar-refractivity contribution in [3.63, 3.8) is 0 Å². The minimum atomic E-state index is -0.451. The number of anilines is 1. The fourth-order valence-electron chi connectivity index (χ4n) is 3.59. The predicted octanol–water partition coefficient (Wildman–Crippen LogP) is 3.77. The summed E-state index contributed by atoms with van der Waals surface area (Å²) in [5, 5.41) is 0. The Labute approximate surface area is 174 Å². The van der Waals surface area contributed by atoms with Crippen LogP contribution in [0.1, 0.15) is 56.1 Å². The summed E-state index contributed by atoms with van der Waals surface area (Å²) in [6, 6.07) is 4.92. The van der Waals surface area contributed by atoms with E-state index in [9.17, 15) is 9.59 Å². The van der Waals surface area contributed by atoms with Crippen molar-refractivity contribution in [2.45, 2.75) is 46.2 Å². The first-order chi connectivity index (χ1) is 13.7. The third-order valence-electron chi connectivity index (χ3n) is 5.19. The summed E-state index contributed by atoms with van der Waals surface area (Å²) in [6.07, 6.45) is 5.62. The predicted molar refractivity (Wildman–Crippen MR) is 116 cm³/mol. The lowest BCUT2D eigenvalue weighted by Gasteiger charge is -2.32. The van der Waals surface area contributed by atoms with E-state index in [1.807, 2.05) is 76.8 Å². The van der Waals surface area contributed by atoms with Crippen molar-refractivity contribution < 1.29 is 9.59 Å². The number of carbonyl (C=O) groups is 2. The van der Waals surface area contributed by atoms with Crippen molar-refractivity contribution in [3.05, 3.63) is 53.6 Å². The van der Waals surface area contributed by atoms with Gasteiger partial charge in [-0.1, -0.05) is 20.8 Å². The maximum atomic E-state index is 13.1. The van der Waals surface area contributed by atoms with Crippen LogP contribution in [0.15, 0.2) is 36.8 Å². The maximum absolute atomic E-state index is 13.1. The topological polar surface area (TPSA) is 66.4 Å². The van der Waals surface area contributed by atoms with E-state index in [0.717, 1.165) is 22.5 Å². The lowest BCUT2D eigenvalue weighted by molar-refractivity contribution is -0.124. The first kappa shape index (κ1) is 22.7. The molecule has 2 aromatic heterocycles. The molecule has 2 atom stereocenters. The molecule has 0 N–H and O–H groups in total. The van der Waals surface area contributed by atoms with Crippen LogP contribution in [0.5, 0.6) is 0 Å². The Morgan fingerprint density at radius 2 is 1.66 bits per heavy atom. The quantitative estimate of drug-likeness (QED) is 0.643. The second kappa shape index (κ2) is 9.74. The molecular formula is C23H32N4O2. The van der Waals surface area contributed by atoms with Crippen molar-refractivity contribution >= 4 is 17.3 Å². The fraction of sp³-hybridized carbons (Fsp3) is 0.478. The molecule has 0 aromatic carbocycles. The Morgan fingerprint density at radius 3 is 2.17 bits per heavy atom. The van der Waals surface area contributed by atoms with Crippen LogP contribution in [0.25, 0.3) is 0 Å². The van der Waals surface area contributed by atoms with Crippen molar-refractivity contribution in [1.82, 2.24) is 14.9 Å². The second-order valence-electron chi connectivity index (χ2n) is 7.91. The Hall–Kier alpha value is -2.60. The molecule has 156 valence electrons. The molecule has 0 amide bonds. The third kappa shape index (κ3) is 5.07. The molecule has 2 aromatic rings. The van der Waals surface area contributed by atoms with Gasteiger partial charge < -0.3 is 4.90 Å². The largest absolute Gasteiger partial charge is 0.359 e. The summed E-state index contributed by atoms with van der Waals surface area (Å²) in [4.78, 5) is 38.1. The number of hydrogen-bond acceptors (Lipinski definition) is 6. The van der Waals surface area contributed by atoms with Crippen LogP contribution < -0.4 is 4.90 Å². The monoisotopic (exact) mass is 396 g/mol. The van der Waals surface area contributed by atoms with Gasteiger partial charge in [-0.05, 0) is 50.3 Å². The van der Waals surface area contributed by atoms with Gasteiger partial charge in [-0.15, -0.1) is 0 Å². The Kier molecular flexibility index (Phi) is 7.62. The zero-order valence-electron chi connectivity index (χ0n) is 18.5. The number of aryl methyl sites for hydroxylation is 1. The van der Waals surface area contributed by atoms with Crippen molar-refractivity contribution in [2.24, 2.45) is 5.92 Å². The first-order valence-electron chi connectivity index (χ1n) is 10.0. The average molecular weight is 397 g/mol. The molecule has 0 fully saturated rings. The van der Waals surface area contributed by atoms with Crippen LogP contribution in [0.2, 0.25) is 0 Å². The Morgan fingerprint density at radius 1 is 1.03 bits per heavy atom.